The number of benzene rings is 2. The predicted octanol–water partition coefficient (Wildman–Crippen LogP) is -0.909. The Morgan fingerprint density at radius 3 is 2.30 bits per heavy atom. The summed E-state index contributed by atoms with van der Waals surface area (Å²) >= 11 is 0. The van der Waals surface area contributed by atoms with Crippen molar-refractivity contribution in [1.82, 2.24) is 4.72 Å². The second kappa shape index (κ2) is 15.1. The minimum atomic E-state index is -4.67. The van der Waals surface area contributed by atoms with E-state index in [1.165, 1.54) is 7.11 Å². The first kappa shape index (κ1) is 31.6. The fourth-order valence-electron chi connectivity index (χ4n) is 3.86. The monoisotopic (exact) mass is 549 g/mol. The zero-order valence-corrected chi connectivity index (χ0v) is 24.1. The van der Waals surface area contributed by atoms with E-state index in [-0.39, 0.29) is 50.8 Å². The zero-order valence-electron chi connectivity index (χ0n) is 22.2. The van der Waals surface area contributed by atoms with Crippen LogP contribution in [0.1, 0.15) is 24.3 Å². The molecule has 0 spiro atoms. The van der Waals surface area contributed by atoms with Gasteiger partial charge in [0, 0.05) is 13.7 Å². The average molecular weight is 550 g/mol. The molecular weight excluding hydrogens is 517 g/mol. The zero-order chi connectivity index (χ0) is 26.1. The second-order valence-corrected chi connectivity index (χ2v) is 9.09. The van der Waals surface area contributed by atoms with Gasteiger partial charge >= 0.3 is 45.8 Å². The number of nitrogens with one attached hydrogen (secondary N) is 1. The van der Waals surface area contributed by atoms with E-state index in [0.717, 1.165) is 5.56 Å². The van der Waals surface area contributed by atoms with Crippen molar-refractivity contribution in [3.05, 3.63) is 65.7 Å². The molecule has 1 fully saturated rings. The third-order valence-corrected chi connectivity index (χ3v) is 6.09. The van der Waals surface area contributed by atoms with Crippen LogP contribution in [0.15, 0.2) is 54.6 Å². The molecule has 13 heteroatoms. The summed E-state index contributed by atoms with van der Waals surface area (Å²) in [5.41, 5.74) is 1.11. The summed E-state index contributed by atoms with van der Waals surface area (Å²) in [6.45, 7) is 1.71. The van der Waals surface area contributed by atoms with Crippen molar-refractivity contribution >= 4 is 16.3 Å². The maximum atomic E-state index is 12.5. The molecule has 3 rings (SSSR count). The van der Waals surface area contributed by atoms with E-state index in [4.69, 9.17) is 28.4 Å². The molecule has 0 bridgehead atoms. The van der Waals surface area contributed by atoms with Crippen molar-refractivity contribution in [3.63, 3.8) is 0 Å². The van der Waals surface area contributed by atoms with Gasteiger partial charge < -0.3 is 29.8 Å². The van der Waals surface area contributed by atoms with Gasteiger partial charge in [0.2, 0.25) is 0 Å². The van der Waals surface area contributed by atoms with Crippen molar-refractivity contribution in [2.75, 3.05) is 27.4 Å². The van der Waals surface area contributed by atoms with Crippen LogP contribution in [0.5, 0.6) is 5.75 Å². The largest absolute Gasteiger partial charge is 1.00 e. The van der Waals surface area contributed by atoms with Crippen LogP contribution in [0.25, 0.3) is 0 Å². The number of hydrogen-bond acceptors (Lipinski definition) is 9. The molecule has 0 saturated carbocycles. The summed E-state index contributed by atoms with van der Waals surface area (Å²) in [5, 5.41) is 0. The van der Waals surface area contributed by atoms with E-state index in [2.05, 4.69) is 4.72 Å². The molecule has 5 atom stereocenters. The van der Waals surface area contributed by atoms with Gasteiger partial charge in [-0.2, -0.15) is 13.1 Å². The van der Waals surface area contributed by atoms with Crippen LogP contribution in [-0.4, -0.2) is 77.0 Å². The molecule has 1 aliphatic rings. The Hall–Kier alpha value is -1.58. The first-order valence-corrected chi connectivity index (χ1v) is 12.7. The second-order valence-electron chi connectivity index (χ2n) is 7.91. The molecule has 11 nitrogen and oxygen atoms in total. The van der Waals surface area contributed by atoms with Crippen LogP contribution in [0, 0.1) is 0 Å². The maximum absolute atomic E-state index is 12.5. The molecule has 1 saturated heterocycles. The first-order chi connectivity index (χ1) is 17.3. The van der Waals surface area contributed by atoms with Crippen LogP contribution in [-0.2, 0) is 40.6 Å². The number of rotatable bonds is 12. The van der Waals surface area contributed by atoms with E-state index in [9.17, 15) is 17.8 Å². The molecule has 1 heterocycles. The SMILES string of the molecule is CCO[C@@H]1[C@@H](OC)O[C@H](COC(=O)c2ccccc2)[C@@H](OCc2ccc(OC)cc2)[C@@H]1NS(=O)(=O)O.[H-].[Na+]. The third-order valence-electron chi connectivity index (χ3n) is 5.52. The molecule has 37 heavy (non-hydrogen) atoms. The Balaban J connectivity index is 0.00000361. The van der Waals surface area contributed by atoms with E-state index >= 15 is 0 Å². The third kappa shape index (κ3) is 9.29. The first-order valence-electron chi connectivity index (χ1n) is 11.3. The van der Waals surface area contributed by atoms with Gasteiger partial charge in [-0.3, -0.25) is 4.55 Å². The van der Waals surface area contributed by atoms with Gasteiger partial charge in [-0.05, 0) is 36.8 Å². The van der Waals surface area contributed by atoms with Crippen LogP contribution < -0.4 is 39.0 Å². The van der Waals surface area contributed by atoms with Crippen molar-refractivity contribution < 1.29 is 77.2 Å². The van der Waals surface area contributed by atoms with Gasteiger partial charge in [-0.25, -0.2) is 4.79 Å². The molecule has 0 radical (unpaired) electrons. The predicted molar refractivity (Wildman–Crippen MR) is 129 cm³/mol. The van der Waals surface area contributed by atoms with Crippen LogP contribution in [0.3, 0.4) is 0 Å². The standard InChI is InChI=1S/C24H31NO10S.Na.H/c1-4-32-22-20(25-36(27,28)29)21(33-14-16-10-12-18(30-2)13-11-16)19(35-24(22)31-3)15-34-23(26)17-8-6-5-7-9-17;;/h5-13,19-22,24-25H,4,14-15H2,1-3H3,(H,27,28,29);;/q;+1;-1/t19-,20+,21-,22+,24+;;/m1../s1. The molecule has 0 aromatic heterocycles. The molecule has 1 aliphatic heterocycles. The van der Waals surface area contributed by atoms with E-state index in [1.807, 2.05) is 0 Å². The number of hydrogen-bond donors (Lipinski definition) is 2. The quantitative estimate of drug-likeness (QED) is 0.194. The van der Waals surface area contributed by atoms with Gasteiger partial charge in [0.25, 0.3) is 0 Å². The minimum absolute atomic E-state index is 0. The van der Waals surface area contributed by atoms with Crippen molar-refractivity contribution in [2.24, 2.45) is 0 Å². The summed E-state index contributed by atoms with van der Waals surface area (Å²) in [5.74, 6) is 0.0732. The van der Waals surface area contributed by atoms with Crippen LogP contribution in [0.4, 0.5) is 0 Å². The van der Waals surface area contributed by atoms with Crippen molar-refractivity contribution in [3.8, 4) is 5.75 Å². The van der Waals surface area contributed by atoms with E-state index in [1.54, 1.807) is 68.6 Å². The molecule has 0 aliphatic carbocycles. The average Bonchev–Trinajstić information content (AvgIpc) is 2.87. The Kier molecular flexibility index (Phi) is 12.9. The van der Waals surface area contributed by atoms with Gasteiger partial charge in [0.15, 0.2) is 6.29 Å². The molecule has 0 amide bonds. The summed E-state index contributed by atoms with van der Waals surface area (Å²) in [6.07, 6.45) is -3.99. The van der Waals surface area contributed by atoms with Crippen molar-refractivity contribution in [1.29, 1.82) is 0 Å². The Morgan fingerprint density at radius 2 is 1.73 bits per heavy atom. The summed E-state index contributed by atoms with van der Waals surface area (Å²) < 4.78 is 69.2. The van der Waals surface area contributed by atoms with Gasteiger partial charge in [0.05, 0.1) is 25.3 Å². The molecule has 2 aromatic carbocycles. The Morgan fingerprint density at radius 1 is 1.05 bits per heavy atom. The molecule has 2 aromatic rings. The Labute approximate surface area is 240 Å². The smallest absolute Gasteiger partial charge is 1.00 e. The van der Waals surface area contributed by atoms with Gasteiger partial charge in [0.1, 0.15) is 30.7 Å². The number of esters is 1. The minimum Gasteiger partial charge on any atom is -1.00 e. The van der Waals surface area contributed by atoms with Crippen molar-refractivity contribution in [2.45, 2.75) is 44.2 Å². The molecule has 2 N–H and O–H groups in total. The summed E-state index contributed by atoms with van der Waals surface area (Å²) in [7, 11) is -1.75. The van der Waals surface area contributed by atoms with Crippen LogP contribution >= 0.6 is 0 Å². The fraction of sp³-hybridized carbons (Fsp3) is 0.458. The molecular formula is C24H32NNaO10S. The number of ether oxygens (including phenoxy) is 6. The van der Waals surface area contributed by atoms with Gasteiger partial charge in [-0.1, -0.05) is 30.3 Å². The Bertz CT molecular complexity index is 1080. The number of carbonyl (C=O) groups is 1. The topological polar surface area (TPSA) is 139 Å². The summed E-state index contributed by atoms with van der Waals surface area (Å²) in [6, 6.07) is 14.3. The van der Waals surface area contributed by atoms with Gasteiger partial charge in [-0.15, -0.1) is 0 Å². The van der Waals surface area contributed by atoms with Crippen LogP contribution in [0.2, 0.25) is 0 Å². The number of carbonyl (C=O) groups excluding carboxylic acids is 1. The van der Waals surface area contributed by atoms with E-state index < -0.39 is 46.9 Å². The van der Waals surface area contributed by atoms with E-state index in [0.29, 0.717) is 11.3 Å². The summed E-state index contributed by atoms with van der Waals surface area (Å²) in [4.78, 5) is 12.5. The maximum Gasteiger partial charge on any atom is 1.00 e. The molecule has 0 unspecified atom stereocenters. The fourth-order valence-corrected chi connectivity index (χ4v) is 4.47. The molecule has 200 valence electrons. The number of methoxy groups -OCH3 is 2. The normalized spacial score (nSPS) is 23.6.